The first-order chi connectivity index (χ1) is 22.2. The summed E-state index contributed by atoms with van der Waals surface area (Å²) in [5, 5.41) is 9.56. The zero-order chi connectivity index (χ0) is 32.7. The summed E-state index contributed by atoms with van der Waals surface area (Å²) in [6.07, 6.45) is 49.8. The lowest BCUT2D eigenvalue weighted by Gasteiger charge is -2.15. The second kappa shape index (κ2) is 38.3. The van der Waals surface area contributed by atoms with Gasteiger partial charge in [0.05, 0.1) is 13.2 Å². The van der Waals surface area contributed by atoms with Crippen LogP contribution in [0.5, 0.6) is 0 Å². The van der Waals surface area contributed by atoms with Crippen molar-refractivity contribution in [2.75, 3.05) is 19.8 Å². The first kappa shape index (κ1) is 43.1. The SMILES string of the molecule is CC/C=C\C/C=C\C/C=C\C/C=C\CCCCC(=O)OC(CO)COCCCCCCCCCC/C=C\CCCCCCCC. The zero-order valence-electron chi connectivity index (χ0n) is 29.6. The summed E-state index contributed by atoms with van der Waals surface area (Å²) < 4.78 is 11.1. The largest absolute Gasteiger partial charge is 0.457 e. The summed E-state index contributed by atoms with van der Waals surface area (Å²) in [6.45, 7) is 5.17. The van der Waals surface area contributed by atoms with E-state index in [0.717, 1.165) is 51.4 Å². The number of allylic oxidation sites excluding steroid dienone is 10. The Morgan fingerprint density at radius 2 is 1.00 bits per heavy atom. The van der Waals surface area contributed by atoms with E-state index < -0.39 is 6.10 Å². The predicted molar refractivity (Wildman–Crippen MR) is 196 cm³/mol. The fourth-order valence-electron chi connectivity index (χ4n) is 5.02. The first-order valence-corrected chi connectivity index (χ1v) is 18.9. The van der Waals surface area contributed by atoms with Gasteiger partial charge >= 0.3 is 5.97 Å². The van der Waals surface area contributed by atoms with E-state index in [4.69, 9.17) is 9.47 Å². The molecule has 0 aromatic rings. The molecule has 4 heteroatoms. The highest BCUT2D eigenvalue weighted by Gasteiger charge is 2.13. The Morgan fingerprint density at radius 1 is 0.556 bits per heavy atom. The second-order valence-electron chi connectivity index (χ2n) is 12.3. The Kier molecular flexibility index (Phi) is 36.6. The van der Waals surface area contributed by atoms with Crippen molar-refractivity contribution in [1.82, 2.24) is 0 Å². The van der Waals surface area contributed by atoms with Crippen LogP contribution in [0.4, 0.5) is 0 Å². The maximum absolute atomic E-state index is 12.1. The highest BCUT2D eigenvalue weighted by molar-refractivity contribution is 5.69. The van der Waals surface area contributed by atoms with Crippen LogP contribution in [0.1, 0.15) is 168 Å². The molecule has 45 heavy (non-hydrogen) atoms. The van der Waals surface area contributed by atoms with E-state index in [2.05, 4.69) is 74.6 Å². The first-order valence-electron chi connectivity index (χ1n) is 18.9. The molecule has 0 aliphatic carbocycles. The second-order valence-corrected chi connectivity index (χ2v) is 12.3. The van der Waals surface area contributed by atoms with Crippen molar-refractivity contribution in [2.24, 2.45) is 0 Å². The molecule has 0 aromatic carbocycles. The van der Waals surface area contributed by atoms with Gasteiger partial charge in [-0.25, -0.2) is 0 Å². The van der Waals surface area contributed by atoms with Crippen LogP contribution in [0.15, 0.2) is 60.8 Å². The zero-order valence-corrected chi connectivity index (χ0v) is 29.6. The minimum Gasteiger partial charge on any atom is -0.457 e. The monoisotopic (exact) mass is 629 g/mol. The molecule has 0 aliphatic heterocycles. The van der Waals surface area contributed by atoms with Gasteiger partial charge in [-0.2, -0.15) is 0 Å². The summed E-state index contributed by atoms with van der Waals surface area (Å²) in [5.41, 5.74) is 0. The molecule has 1 atom stereocenters. The van der Waals surface area contributed by atoms with Gasteiger partial charge in [0, 0.05) is 13.0 Å². The summed E-state index contributed by atoms with van der Waals surface area (Å²) in [7, 11) is 0. The van der Waals surface area contributed by atoms with Gasteiger partial charge in [0.1, 0.15) is 6.10 Å². The third-order valence-electron chi connectivity index (χ3n) is 7.83. The Hall–Kier alpha value is -1.91. The van der Waals surface area contributed by atoms with Gasteiger partial charge in [0.2, 0.25) is 0 Å². The molecular weight excluding hydrogens is 556 g/mol. The average molecular weight is 629 g/mol. The van der Waals surface area contributed by atoms with Crippen LogP contribution in [0.2, 0.25) is 0 Å². The van der Waals surface area contributed by atoms with Crippen LogP contribution in [-0.4, -0.2) is 37.0 Å². The van der Waals surface area contributed by atoms with Gasteiger partial charge in [0.15, 0.2) is 0 Å². The van der Waals surface area contributed by atoms with Crippen molar-refractivity contribution >= 4 is 5.97 Å². The summed E-state index contributed by atoms with van der Waals surface area (Å²) in [4.78, 5) is 12.1. The molecule has 0 aliphatic rings. The van der Waals surface area contributed by atoms with E-state index in [9.17, 15) is 9.90 Å². The summed E-state index contributed by atoms with van der Waals surface area (Å²) in [6, 6.07) is 0. The van der Waals surface area contributed by atoms with Gasteiger partial charge in [-0.05, 0) is 77.0 Å². The van der Waals surface area contributed by atoms with Gasteiger partial charge in [-0.15, -0.1) is 0 Å². The maximum Gasteiger partial charge on any atom is 0.306 e. The van der Waals surface area contributed by atoms with Crippen LogP contribution < -0.4 is 0 Å². The average Bonchev–Trinajstić information content (AvgIpc) is 3.05. The van der Waals surface area contributed by atoms with Crippen molar-refractivity contribution < 1.29 is 19.4 Å². The molecule has 260 valence electrons. The van der Waals surface area contributed by atoms with Crippen LogP contribution >= 0.6 is 0 Å². The molecule has 0 spiro atoms. The molecule has 1 unspecified atom stereocenters. The minimum absolute atomic E-state index is 0.192. The Labute approximate surface area is 279 Å². The molecule has 0 amide bonds. The van der Waals surface area contributed by atoms with Crippen LogP contribution in [0.25, 0.3) is 0 Å². The number of carbonyl (C=O) groups is 1. The van der Waals surface area contributed by atoms with Crippen molar-refractivity contribution in [3.05, 3.63) is 60.8 Å². The van der Waals surface area contributed by atoms with E-state index in [1.165, 1.54) is 96.3 Å². The van der Waals surface area contributed by atoms with Gasteiger partial charge in [-0.3, -0.25) is 4.79 Å². The number of esters is 1. The topological polar surface area (TPSA) is 55.8 Å². The van der Waals surface area contributed by atoms with E-state index in [1.807, 2.05) is 0 Å². The summed E-state index contributed by atoms with van der Waals surface area (Å²) >= 11 is 0. The minimum atomic E-state index is -0.558. The van der Waals surface area contributed by atoms with Crippen molar-refractivity contribution in [3.8, 4) is 0 Å². The quantitative estimate of drug-likeness (QED) is 0.0437. The number of aliphatic hydroxyl groups is 1. The van der Waals surface area contributed by atoms with Crippen LogP contribution in [-0.2, 0) is 14.3 Å². The molecular formula is C41H72O4. The van der Waals surface area contributed by atoms with E-state index in [-0.39, 0.29) is 19.2 Å². The lowest BCUT2D eigenvalue weighted by atomic mass is 10.1. The molecule has 4 nitrogen and oxygen atoms in total. The van der Waals surface area contributed by atoms with Gasteiger partial charge in [0.25, 0.3) is 0 Å². The van der Waals surface area contributed by atoms with Crippen molar-refractivity contribution in [1.29, 1.82) is 0 Å². The molecule has 0 saturated heterocycles. The molecule has 0 heterocycles. The third-order valence-corrected chi connectivity index (χ3v) is 7.83. The lowest BCUT2D eigenvalue weighted by Crippen LogP contribution is -2.27. The maximum atomic E-state index is 12.1. The normalized spacial score (nSPS) is 13.0. The number of carbonyl (C=O) groups excluding carboxylic acids is 1. The van der Waals surface area contributed by atoms with Crippen LogP contribution in [0, 0.1) is 0 Å². The van der Waals surface area contributed by atoms with Crippen LogP contribution in [0.3, 0.4) is 0 Å². The molecule has 0 saturated carbocycles. The Morgan fingerprint density at radius 3 is 1.53 bits per heavy atom. The van der Waals surface area contributed by atoms with E-state index in [1.54, 1.807) is 0 Å². The molecule has 0 fully saturated rings. The lowest BCUT2D eigenvalue weighted by molar-refractivity contribution is -0.154. The summed E-state index contributed by atoms with van der Waals surface area (Å²) in [5.74, 6) is -0.244. The standard InChI is InChI=1S/C41H72O4/c1-3-5-7-9-11-13-15-17-19-20-21-23-25-27-29-31-33-35-37-44-39-40(38-42)45-41(43)36-34-32-30-28-26-24-22-18-16-14-12-10-8-6-4-2/h6,8,12,14,17-19,22,26,28,40,42H,3-5,7,9-11,13,15-16,20-21,23-25,27,29-39H2,1-2H3/b8-6-,14-12-,19-17-,22-18-,28-26-. The Balaban J connectivity index is 3.52. The smallest absolute Gasteiger partial charge is 0.306 e. The van der Waals surface area contributed by atoms with Gasteiger partial charge in [-0.1, -0.05) is 145 Å². The number of hydrogen-bond acceptors (Lipinski definition) is 4. The number of rotatable bonds is 34. The number of ether oxygens (including phenoxy) is 2. The number of unbranched alkanes of at least 4 members (excludes halogenated alkanes) is 16. The molecule has 0 bridgehead atoms. The third kappa shape index (κ3) is 36.4. The number of aliphatic hydroxyl groups excluding tert-OH is 1. The number of hydrogen-bond donors (Lipinski definition) is 1. The van der Waals surface area contributed by atoms with Crippen molar-refractivity contribution in [2.45, 2.75) is 174 Å². The Bertz CT molecular complexity index is 749. The molecule has 0 rings (SSSR count). The molecule has 0 radical (unpaired) electrons. The van der Waals surface area contributed by atoms with Gasteiger partial charge < -0.3 is 14.6 Å². The predicted octanol–water partition coefficient (Wildman–Crippen LogP) is 12.1. The van der Waals surface area contributed by atoms with E-state index >= 15 is 0 Å². The fraction of sp³-hybridized carbons (Fsp3) is 0.732. The van der Waals surface area contributed by atoms with E-state index in [0.29, 0.717) is 13.0 Å². The highest BCUT2D eigenvalue weighted by atomic mass is 16.6. The molecule has 1 N–H and O–H groups in total. The van der Waals surface area contributed by atoms with Crippen molar-refractivity contribution in [3.63, 3.8) is 0 Å². The highest BCUT2D eigenvalue weighted by Crippen LogP contribution is 2.12. The molecule has 0 aromatic heterocycles. The fourth-order valence-corrected chi connectivity index (χ4v) is 5.02.